The third kappa shape index (κ3) is 3.73. The molecule has 116 valence electrons. The van der Waals surface area contributed by atoms with Crippen molar-refractivity contribution in [1.82, 2.24) is 14.8 Å². The van der Waals surface area contributed by atoms with E-state index in [0.717, 1.165) is 32.7 Å². The number of nitrogens with zero attached hydrogens (tertiary/aromatic N) is 3. The van der Waals surface area contributed by atoms with Gasteiger partial charge in [-0.05, 0) is 39.8 Å². The first-order valence-corrected chi connectivity index (χ1v) is 7.66. The van der Waals surface area contributed by atoms with Gasteiger partial charge in [0.2, 0.25) is 0 Å². The van der Waals surface area contributed by atoms with Crippen LogP contribution < -0.4 is 5.32 Å². The Hall–Kier alpha value is -1.62. The minimum absolute atomic E-state index is 0.0765. The second kappa shape index (κ2) is 6.43. The SMILES string of the molecule is CCNc1ncccc1C(=O)N1CCN(C(C)(C)C)CC1. The zero-order chi connectivity index (χ0) is 15.5. The maximum Gasteiger partial charge on any atom is 0.257 e. The van der Waals surface area contributed by atoms with Gasteiger partial charge >= 0.3 is 0 Å². The maximum atomic E-state index is 12.7. The Morgan fingerprint density at radius 3 is 2.52 bits per heavy atom. The average Bonchev–Trinajstić information content (AvgIpc) is 2.47. The third-order valence-electron chi connectivity index (χ3n) is 3.90. The number of anilines is 1. The van der Waals surface area contributed by atoms with Crippen LogP contribution in [-0.4, -0.2) is 59.0 Å². The van der Waals surface area contributed by atoms with Gasteiger partial charge in [-0.25, -0.2) is 4.98 Å². The molecule has 0 unspecified atom stereocenters. The Labute approximate surface area is 127 Å². The molecule has 5 heteroatoms. The van der Waals surface area contributed by atoms with Gasteiger partial charge in [0.15, 0.2) is 0 Å². The van der Waals surface area contributed by atoms with Crippen molar-refractivity contribution in [2.75, 3.05) is 38.0 Å². The van der Waals surface area contributed by atoms with Crippen LogP contribution in [0.5, 0.6) is 0 Å². The standard InChI is InChI=1S/C16H26N4O/c1-5-17-14-13(7-6-8-18-14)15(21)19-9-11-20(12-10-19)16(2,3)4/h6-8H,5,9-12H2,1-4H3,(H,17,18). The molecule has 0 aliphatic carbocycles. The van der Waals surface area contributed by atoms with Crippen molar-refractivity contribution in [3.63, 3.8) is 0 Å². The lowest BCUT2D eigenvalue weighted by Gasteiger charge is -2.42. The molecule has 5 nitrogen and oxygen atoms in total. The van der Waals surface area contributed by atoms with Crippen LogP contribution in [0.3, 0.4) is 0 Å². The summed E-state index contributed by atoms with van der Waals surface area (Å²) in [5, 5.41) is 3.16. The summed E-state index contributed by atoms with van der Waals surface area (Å²) < 4.78 is 0. The van der Waals surface area contributed by atoms with Crippen molar-refractivity contribution in [1.29, 1.82) is 0 Å². The van der Waals surface area contributed by atoms with Crippen LogP contribution in [0, 0.1) is 0 Å². The van der Waals surface area contributed by atoms with E-state index in [4.69, 9.17) is 0 Å². The van der Waals surface area contributed by atoms with E-state index >= 15 is 0 Å². The quantitative estimate of drug-likeness (QED) is 0.926. The zero-order valence-corrected chi connectivity index (χ0v) is 13.5. The fourth-order valence-corrected chi connectivity index (χ4v) is 2.64. The molecule has 2 heterocycles. The molecule has 1 aromatic rings. The zero-order valence-electron chi connectivity index (χ0n) is 13.5. The van der Waals surface area contributed by atoms with E-state index in [1.54, 1.807) is 6.20 Å². The van der Waals surface area contributed by atoms with Gasteiger partial charge in [-0.15, -0.1) is 0 Å². The van der Waals surface area contributed by atoms with Gasteiger partial charge in [0.05, 0.1) is 5.56 Å². The van der Waals surface area contributed by atoms with Crippen molar-refractivity contribution in [3.05, 3.63) is 23.9 Å². The van der Waals surface area contributed by atoms with Crippen LogP contribution in [0.2, 0.25) is 0 Å². The molecule has 0 saturated carbocycles. The number of hydrogen-bond donors (Lipinski definition) is 1. The number of hydrogen-bond acceptors (Lipinski definition) is 4. The Bertz CT molecular complexity index is 487. The molecule has 0 spiro atoms. The fourth-order valence-electron chi connectivity index (χ4n) is 2.64. The molecule has 1 fully saturated rings. The first-order chi connectivity index (χ1) is 9.93. The highest BCUT2D eigenvalue weighted by molar-refractivity contribution is 5.98. The lowest BCUT2D eigenvalue weighted by atomic mass is 10.0. The predicted molar refractivity (Wildman–Crippen MR) is 85.6 cm³/mol. The second-order valence-electron chi connectivity index (χ2n) is 6.38. The summed E-state index contributed by atoms with van der Waals surface area (Å²) in [6.07, 6.45) is 1.71. The normalized spacial score (nSPS) is 16.9. The van der Waals surface area contributed by atoms with Crippen molar-refractivity contribution in [3.8, 4) is 0 Å². The van der Waals surface area contributed by atoms with E-state index in [0.29, 0.717) is 11.4 Å². The predicted octanol–water partition coefficient (Wildman–Crippen LogP) is 2.07. The van der Waals surface area contributed by atoms with Gasteiger partial charge in [-0.1, -0.05) is 0 Å². The number of nitrogens with one attached hydrogen (secondary N) is 1. The van der Waals surface area contributed by atoms with Crippen molar-refractivity contribution in [2.45, 2.75) is 33.2 Å². The monoisotopic (exact) mass is 290 g/mol. The summed E-state index contributed by atoms with van der Waals surface area (Å²) in [4.78, 5) is 21.3. The lowest BCUT2D eigenvalue weighted by Crippen LogP contribution is -2.54. The summed E-state index contributed by atoms with van der Waals surface area (Å²) in [7, 11) is 0. The Balaban J connectivity index is 2.06. The Morgan fingerprint density at radius 1 is 1.29 bits per heavy atom. The van der Waals surface area contributed by atoms with Crippen molar-refractivity contribution >= 4 is 11.7 Å². The minimum atomic E-state index is 0.0765. The largest absolute Gasteiger partial charge is 0.370 e. The number of aromatic nitrogens is 1. The molecular formula is C16H26N4O. The van der Waals surface area contributed by atoms with Gasteiger partial charge in [-0.3, -0.25) is 9.69 Å². The molecule has 1 amide bonds. The molecule has 0 atom stereocenters. The highest BCUT2D eigenvalue weighted by atomic mass is 16.2. The van der Waals surface area contributed by atoms with Gasteiger partial charge < -0.3 is 10.2 Å². The summed E-state index contributed by atoms with van der Waals surface area (Å²) in [6.45, 7) is 12.8. The van der Waals surface area contributed by atoms with Crippen LogP contribution in [0.15, 0.2) is 18.3 Å². The molecule has 0 aromatic carbocycles. The number of piperazine rings is 1. The maximum absolute atomic E-state index is 12.7. The smallest absolute Gasteiger partial charge is 0.257 e. The van der Waals surface area contributed by atoms with Crippen LogP contribution in [0.1, 0.15) is 38.1 Å². The number of carbonyl (C=O) groups is 1. The molecule has 1 saturated heterocycles. The minimum Gasteiger partial charge on any atom is -0.370 e. The molecule has 1 aliphatic heterocycles. The van der Waals surface area contributed by atoms with Crippen LogP contribution in [0.4, 0.5) is 5.82 Å². The van der Waals surface area contributed by atoms with E-state index in [2.05, 4.69) is 36.0 Å². The lowest BCUT2D eigenvalue weighted by molar-refractivity contribution is 0.0451. The van der Waals surface area contributed by atoms with E-state index in [-0.39, 0.29) is 11.4 Å². The number of carbonyl (C=O) groups excluding carboxylic acids is 1. The molecule has 21 heavy (non-hydrogen) atoms. The van der Waals surface area contributed by atoms with Gasteiger partial charge in [0, 0.05) is 44.5 Å². The van der Waals surface area contributed by atoms with Crippen molar-refractivity contribution in [2.24, 2.45) is 0 Å². The topological polar surface area (TPSA) is 48.5 Å². The number of amides is 1. The second-order valence-corrected chi connectivity index (χ2v) is 6.38. The fraction of sp³-hybridized carbons (Fsp3) is 0.625. The van der Waals surface area contributed by atoms with E-state index in [1.165, 1.54) is 0 Å². The number of pyridine rings is 1. The molecule has 1 aliphatic rings. The average molecular weight is 290 g/mol. The Kier molecular flexibility index (Phi) is 4.83. The van der Waals surface area contributed by atoms with Crippen LogP contribution in [0.25, 0.3) is 0 Å². The van der Waals surface area contributed by atoms with E-state index in [9.17, 15) is 4.79 Å². The third-order valence-corrected chi connectivity index (χ3v) is 3.90. The van der Waals surface area contributed by atoms with Crippen LogP contribution >= 0.6 is 0 Å². The summed E-state index contributed by atoms with van der Waals surface area (Å²) in [6, 6.07) is 3.67. The van der Waals surface area contributed by atoms with Gasteiger partial charge in [0.1, 0.15) is 5.82 Å². The van der Waals surface area contributed by atoms with Crippen molar-refractivity contribution < 1.29 is 4.79 Å². The number of rotatable bonds is 3. The summed E-state index contributed by atoms with van der Waals surface area (Å²) >= 11 is 0. The first kappa shape index (κ1) is 15.8. The van der Waals surface area contributed by atoms with E-state index in [1.807, 2.05) is 24.0 Å². The van der Waals surface area contributed by atoms with Gasteiger partial charge in [0.25, 0.3) is 5.91 Å². The molecule has 1 aromatic heterocycles. The Morgan fingerprint density at radius 2 is 1.95 bits per heavy atom. The molecule has 0 bridgehead atoms. The van der Waals surface area contributed by atoms with Gasteiger partial charge in [-0.2, -0.15) is 0 Å². The molecule has 1 N–H and O–H groups in total. The molecular weight excluding hydrogens is 264 g/mol. The highest BCUT2D eigenvalue weighted by Crippen LogP contribution is 2.19. The summed E-state index contributed by atoms with van der Waals surface area (Å²) in [5.74, 6) is 0.760. The van der Waals surface area contributed by atoms with Crippen LogP contribution in [-0.2, 0) is 0 Å². The first-order valence-electron chi connectivity index (χ1n) is 7.66. The summed E-state index contributed by atoms with van der Waals surface area (Å²) in [5.41, 5.74) is 0.835. The molecule has 0 radical (unpaired) electrons. The highest BCUT2D eigenvalue weighted by Gasteiger charge is 2.29. The van der Waals surface area contributed by atoms with E-state index < -0.39 is 0 Å². The molecule has 2 rings (SSSR count).